The lowest BCUT2D eigenvalue weighted by atomic mass is 10.0. The number of rotatable bonds is 7. The van der Waals surface area contributed by atoms with E-state index in [0.29, 0.717) is 32.6 Å². The molecular formula is C25H29N5O3. The average molecular weight is 448 g/mol. The summed E-state index contributed by atoms with van der Waals surface area (Å²) in [6.45, 7) is 3.95. The number of para-hydroxylation sites is 2. The number of amides is 3. The van der Waals surface area contributed by atoms with E-state index in [-0.39, 0.29) is 24.3 Å². The molecule has 1 aromatic heterocycles. The third-order valence-electron chi connectivity index (χ3n) is 5.88. The predicted octanol–water partition coefficient (Wildman–Crippen LogP) is 2.00. The number of hydrogen-bond donors (Lipinski definition) is 3. The van der Waals surface area contributed by atoms with Gasteiger partial charge in [0.25, 0.3) is 0 Å². The number of aromatic amines is 1. The van der Waals surface area contributed by atoms with Crippen LogP contribution in [-0.2, 0) is 20.8 Å². The van der Waals surface area contributed by atoms with E-state index in [1.54, 1.807) is 4.90 Å². The van der Waals surface area contributed by atoms with Gasteiger partial charge in [-0.05, 0) is 23.8 Å². The smallest absolute Gasteiger partial charge is 0.245 e. The Balaban J connectivity index is 1.34. The van der Waals surface area contributed by atoms with Crippen LogP contribution in [0.2, 0.25) is 0 Å². The molecule has 2 aromatic carbocycles. The van der Waals surface area contributed by atoms with E-state index in [1.165, 1.54) is 6.92 Å². The molecule has 0 bridgehead atoms. The van der Waals surface area contributed by atoms with Gasteiger partial charge in [0.05, 0.1) is 6.54 Å². The minimum Gasteiger partial charge on any atom is -0.361 e. The first-order chi connectivity index (χ1) is 16.0. The highest BCUT2D eigenvalue weighted by molar-refractivity contribution is 5.92. The second-order valence-corrected chi connectivity index (χ2v) is 8.33. The van der Waals surface area contributed by atoms with Gasteiger partial charge in [0.2, 0.25) is 17.7 Å². The van der Waals surface area contributed by atoms with E-state index in [4.69, 9.17) is 0 Å². The maximum absolute atomic E-state index is 13.3. The number of nitrogens with one attached hydrogen (secondary N) is 3. The van der Waals surface area contributed by atoms with Gasteiger partial charge in [-0.3, -0.25) is 19.3 Å². The van der Waals surface area contributed by atoms with Crippen LogP contribution in [-0.4, -0.2) is 71.3 Å². The van der Waals surface area contributed by atoms with Gasteiger partial charge in [0.1, 0.15) is 6.04 Å². The maximum Gasteiger partial charge on any atom is 0.245 e. The third-order valence-corrected chi connectivity index (χ3v) is 5.88. The van der Waals surface area contributed by atoms with Crippen LogP contribution in [0, 0.1) is 0 Å². The first-order valence-corrected chi connectivity index (χ1v) is 11.2. The molecule has 172 valence electrons. The highest BCUT2D eigenvalue weighted by Crippen LogP contribution is 2.20. The summed E-state index contributed by atoms with van der Waals surface area (Å²) < 4.78 is 0. The number of nitrogens with zero attached hydrogens (tertiary/aromatic N) is 2. The highest BCUT2D eigenvalue weighted by Gasteiger charge is 2.29. The largest absolute Gasteiger partial charge is 0.361 e. The lowest BCUT2D eigenvalue weighted by Crippen LogP contribution is -2.56. The van der Waals surface area contributed by atoms with Crippen LogP contribution in [0.4, 0.5) is 5.69 Å². The summed E-state index contributed by atoms with van der Waals surface area (Å²) in [4.78, 5) is 44.5. The van der Waals surface area contributed by atoms with Gasteiger partial charge in [-0.2, -0.15) is 0 Å². The van der Waals surface area contributed by atoms with Crippen LogP contribution in [0.25, 0.3) is 10.9 Å². The molecule has 1 aliphatic rings. The van der Waals surface area contributed by atoms with Crippen molar-refractivity contribution < 1.29 is 14.4 Å². The Labute approximate surface area is 192 Å². The molecule has 4 rings (SSSR count). The zero-order chi connectivity index (χ0) is 23.2. The van der Waals surface area contributed by atoms with Crippen molar-refractivity contribution >= 4 is 34.3 Å². The number of carbonyl (C=O) groups excluding carboxylic acids is 3. The number of anilines is 1. The molecule has 1 atom stereocenters. The lowest BCUT2D eigenvalue weighted by Gasteiger charge is -2.36. The summed E-state index contributed by atoms with van der Waals surface area (Å²) in [5.41, 5.74) is 2.77. The van der Waals surface area contributed by atoms with E-state index in [1.807, 2.05) is 65.7 Å². The topological polar surface area (TPSA) is 97.5 Å². The third kappa shape index (κ3) is 5.78. The summed E-state index contributed by atoms with van der Waals surface area (Å²) in [7, 11) is 0. The van der Waals surface area contributed by atoms with Crippen molar-refractivity contribution in [1.29, 1.82) is 0 Å². The zero-order valence-corrected chi connectivity index (χ0v) is 18.7. The van der Waals surface area contributed by atoms with Crippen molar-refractivity contribution in [3.63, 3.8) is 0 Å². The highest BCUT2D eigenvalue weighted by atomic mass is 16.2. The van der Waals surface area contributed by atoms with Crippen molar-refractivity contribution in [2.75, 3.05) is 38.0 Å². The molecule has 33 heavy (non-hydrogen) atoms. The second kappa shape index (κ2) is 10.3. The first-order valence-electron chi connectivity index (χ1n) is 11.2. The quantitative estimate of drug-likeness (QED) is 0.516. The van der Waals surface area contributed by atoms with Crippen molar-refractivity contribution in [1.82, 2.24) is 20.1 Å². The van der Waals surface area contributed by atoms with Gasteiger partial charge in [-0.15, -0.1) is 0 Å². The van der Waals surface area contributed by atoms with Crippen LogP contribution < -0.4 is 10.6 Å². The van der Waals surface area contributed by atoms with Crippen LogP contribution in [0.3, 0.4) is 0 Å². The monoisotopic (exact) mass is 447 g/mol. The van der Waals surface area contributed by atoms with E-state index in [2.05, 4.69) is 15.6 Å². The van der Waals surface area contributed by atoms with E-state index in [9.17, 15) is 14.4 Å². The normalized spacial score (nSPS) is 15.2. The molecule has 2 heterocycles. The van der Waals surface area contributed by atoms with E-state index < -0.39 is 6.04 Å². The Kier molecular flexibility index (Phi) is 7.04. The van der Waals surface area contributed by atoms with Gasteiger partial charge >= 0.3 is 0 Å². The van der Waals surface area contributed by atoms with E-state index in [0.717, 1.165) is 22.2 Å². The summed E-state index contributed by atoms with van der Waals surface area (Å²) in [6, 6.07) is 16.6. The van der Waals surface area contributed by atoms with Crippen molar-refractivity contribution in [2.24, 2.45) is 0 Å². The predicted molar refractivity (Wildman–Crippen MR) is 128 cm³/mol. The number of carbonyl (C=O) groups is 3. The van der Waals surface area contributed by atoms with Crippen LogP contribution >= 0.6 is 0 Å². The van der Waals surface area contributed by atoms with Gasteiger partial charge < -0.3 is 20.5 Å². The standard InChI is InChI=1S/C25H29N5O3/c1-18(31)27-23(15-19-16-26-22-10-6-5-9-21(19)22)25(33)30-13-11-29(12-14-30)17-24(32)28-20-7-3-2-4-8-20/h2-10,16,23,26H,11-15,17H2,1H3,(H,27,31)(H,28,32). The molecule has 1 saturated heterocycles. The summed E-state index contributed by atoms with van der Waals surface area (Å²) in [5.74, 6) is -0.398. The summed E-state index contributed by atoms with van der Waals surface area (Å²) >= 11 is 0. The van der Waals surface area contributed by atoms with Gasteiger partial charge in [-0.1, -0.05) is 36.4 Å². The van der Waals surface area contributed by atoms with Crippen molar-refractivity contribution in [3.05, 3.63) is 66.4 Å². The lowest BCUT2D eigenvalue weighted by molar-refractivity contribution is -0.137. The Morgan fingerprint density at radius 1 is 0.970 bits per heavy atom. The number of aromatic nitrogens is 1. The molecule has 3 aromatic rings. The fourth-order valence-corrected chi connectivity index (χ4v) is 4.24. The molecule has 8 nitrogen and oxygen atoms in total. The van der Waals surface area contributed by atoms with Crippen molar-refractivity contribution in [2.45, 2.75) is 19.4 Å². The number of benzene rings is 2. The Morgan fingerprint density at radius 2 is 1.67 bits per heavy atom. The number of H-pyrrole nitrogens is 1. The first kappa shape index (κ1) is 22.5. The summed E-state index contributed by atoms with van der Waals surface area (Å²) in [6.07, 6.45) is 2.32. The number of piperazine rings is 1. The maximum atomic E-state index is 13.3. The second-order valence-electron chi connectivity index (χ2n) is 8.33. The fourth-order valence-electron chi connectivity index (χ4n) is 4.24. The molecule has 0 radical (unpaired) electrons. The Morgan fingerprint density at radius 3 is 2.39 bits per heavy atom. The molecule has 3 N–H and O–H groups in total. The summed E-state index contributed by atoms with van der Waals surface area (Å²) in [5, 5.41) is 6.77. The van der Waals surface area contributed by atoms with Crippen molar-refractivity contribution in [3.8, 4) is 0 Å². The van der Waals surface area contributed by atoms with Crippen LogP contribution in [0.15, 0.2) is 60.8 Å². The van der Waals surface area contributed by atoms with Gasteiger partial charge in [0, 0.05) is 62.3 Å². The minimum atomic E-state index is -0.630. The molecule has 1 fully saturated rings. The zero-order valence-electron chi connectivity index (χ0n) is 18.7. The average Bonchev–Trinajstić information content (AvgIpc) is 3.22. The Bertz CT molecular complexity index is 1120. The number of fused-ring (bicyclic) bond motifs is 1. The molecule has 0 aliphatic carbocycles. The van der Waals surface area contributed by atoms with Gasteiger partial charge in [-0.25, -0.2) is 0 Å². The minimum absolute atomic E-state index is 0.0727. The van der Waals surface area contributed by atoms with E-state index >= 15 is 0 Å². The van der Waals surface area contributed by atoms with Crippen LogP contribution in [0.5, 0.6) is 0 Å². The molecule has 1 aliphatic heterocycles. The Hall–Kier alpha value is -3.65. The molecule has 0 saturated carbocycles. The number of hydrogen-bond acceptors (Lipinski definition) is 4. The van der Waals surface area contributed by atoms with Gasteiger partial charge in [0.15, 0.2) is 0 Å². The molecule has 1 unspecified atom stereocenters. The molecular weight excluding hydrogens is 418 g/mol. The fraction of sp³-hybridized carbons (Fsp3) is 0.320. The van der Waals surface area contributed by atoms with Crippen LogP contribution in [0.1, 0.15) is 12.5 Å². The molecule has 8 heteroatoms. The molecule has 0 spiro atoms. The molecule has 3 amide bonds. The SMILES string of the molecule is CC(=O)NC(Cc1c[nH]c2ccccc12)C(=O)N1CCN(CC(=O)Nc2ccccc2)CC1.